The number of nitrogens with one attached hydrogen (secondary N) is 1. The van der Waals surface area contributed by atoms with Crippen molar-refractivity contribution in [3.05, 3.63) is 72.3 Å². The van der Waals surface area contributed by atoms with Gasteiger partial charge in [-0.3, -0.25) is 4.79 Å². The molecule has 132 valence electrons. The van der Waals surface area contributed by atoms with E-state index >= 15 is 0 Å². The van der Waals surface area contributed by atoms with Gasteiger partial charge in [0.05, 0.1) is 12.1 Å². The van der Waals surface area contributed by atoms with E-state index in [0.717, 1.165) is 17.4 Å². The molecule has 0 spiro atoms. The van der Waals surface area contributed by atoms with E-state index in [-0.39, 0.29) is 10.9 Å². The van der Waals surface area contributed by atoms with Crippen LogP contribution in [0.25, 0.3) is 11.3 Å². The van der Waals surface area contributed by atoms with Crippen LogP contribution in [0.2, 0.25) is 0 Å². The number of hydrogen-bond donors (Lipinski definition) is 1. The Morgan fingerprint density at radius 1 is 0.923 bits per heavy atom. The SMILES string of the molecule is CS(=O)(=O)c1ccc(-c2ccc(NC(=O)Cc3ccccc3)cc2)nn1. The lowest BCUT2D eigenvalue weighted by Crippen LogP contribution is -2.14. The van der Waals surface area contributed by atoms with Crippen molar-refractivity contribution in [3.63, 3.8) is 0 Å². The van der Waals surface area contributed by atoms with Gasteiger partial charge in [0, 0.05) is 17.5 Å². The van der Waals surface area contributed by atoms with Crippen molar-refractivity contribution in [2.75, 3.05) is 11.6 Å². The minimum Gasteiger partial charge on any atom is -0.326 e. The maximum atomic E-state index is 12.1. The molecule has 1 N–H and O–H groups in total. The number of amides is 1. The Hall–Kier alpha value is -3.06. The summed E-state index contributed by atoms with van der Waals surface area (Å²) < 4.78 is 22.8. The van der Waals surface area contributed by atoms with Crippen LogP contribution in [0.1, 0.15) is 5.56 Å². The van der Waals surface area contributed by atoms with Crippen molar-refractivity contribution in [2.45, 2.75) is 11.4 Å². The number of sulfone groups is 1. The summed E-state index contributed by atoms with van der Waals surface area (Å²) >= 11 is 0. The third kappa shape index (κ3) is 4.52. The molecule has 0 aliphatic carbocycles. The summed E-state index contributed by atoms with van der Waals surface area (Å²) in [7, 11) is -3.37. The Kier molecular flexibility index (Phi) is 5.09. The number of carbonyl (C=O) groups excluding carboxylic acids is 1. The molecule has 2 aromatic carbocycles. The van der Waals surface area contributed by atoms with E-state index < -0.39 is 9.84 Å². The molecule has 0 atom stereocenters. The molecule has 1 aromatic heterocycles. The molecule has 7 heteroatoms. The Bertz CT molecular complexity index is 1000. The van der Waals surface area contributed by atoms with Crippen LogP contribution in [0.5, 0.6) is 0 Å². The summed E-state index contributed by atoms with van der Waals surface area (Å²) in [6.07, 6.45) is 1.39. The third-order valence-electron chi connectivity index (χ3n) is 3.69. The number of carbonyl (C=O) groups is 1. The Labute approximate surface area is 151 Å². The van der Waals surface area contributed by atoms with Crippen LogP contribution in [-0.2, 0) is 21.1 Å². The van der Waals surface area contributed by atoms with Gasteiger partial charge >= 0.3 is 0 Å². The second kappa shape index (κ2) is 7.45. The van der Waals surface area contributed by atoms with Gasteiger partial charge in [0.15, 0.2) is 14.9 Å². The molecule has 0 aliphatic rings. The standard InChI is InChI=1S/C19H17N3O3S/c1-26(24,25)19-12-11-17(21-22-19)15-7-9-16(10-8-15)20-18(23)13-14-5-3-2-4-6-14/h2-12H,13H2,1H3,(H,20,23). The molecule has 6 nitrogen and oxygen atoms in total. The molecule has 1 amide bonds. The highest BCUT2D eigenvalue weighted by molar-refractivity contribution is 7.90. The predicted octanol–water partition coefficient (Wildman–Crippen LogP) is 2.73. The molecular formula is C19H17N3O3S. The van der Waals surface area contributed by atoms with Gasteiger partial charge < -0.3 is 5.32 Å². The lowest BCUT2D eigenvalue weighted by Gasteiger charge is -2.07. The van der Waals surface area contributed by atoms with Crippen molar-refractivity contribution in [1.29, 1.82) is 0 Å². The molecule has 0 aliphatic heterocycles. The van der Waals surface area contributed by atoms with Crippen LogP contribution in [0.15, 0.2) is 71.8 Å². The van der Waals surface area contributed by atoms with Crippen LogP contribution < -0.4 is 5.32 Å². The van der Waals surface area contributed by atoms with E-state index in [1.165, 1.54) is 6.07 Å². The maximum Gasteiger partial charge on any atom is 0.228 e. The van der Waals surface area contributed by atoms with Crippen molar-refractivity contribution in [2.24, 2.45) is 0 Å². The zero-order chi connectivity index (χ0) is 18.6. The van der Waals surface area contributed by atoms with Gasteiger partial charge in [-0.2, -0.15) is 0 Å². The minimum atomic E-state index is -3.37. The lowest BCUT2D eigenvalue weighted by atomic mass is 10.1. The molecule has 1 heterocycles. The number of aromatic nitrogens is 2. The summed E-state index contributed by atoms with van der Waals surface area (Å²) in [5.41, 5.74) is 2.96. The monoisotopic (exact) mass is 367 g/mol. The molecule has 0 saturated carbocycles. The van der Waals surface area contributed by atoms with Gasteiger partial charge in [0.2, 0.25) is 5.91 Å². The molecule has 3 rings (SSSR count). The molecule has 0 saturated heterocycles. The van der Waals surface area contributed by atoms with Crippen LogP contribution in [0.4, 0.5) is 5.69 Å². The second-order valence-electron chi connectivity index (χ2n) is 5.82. The highest BCUT2D eigenvalue weighted by Crippen LogP contribution is 2.20. The normalized spacial score (nSPS) is 11.1. The number of nitrogens with zero attached hydrogens (tertiary/aromatic N) is 2. The fourth-order valence-electron chi connectivity index (χ4n) is 2.38. The minimum absolute atomic E-state index is 0.0638. The lowest BCUT2D eigenvalue weighted by molar-refractivity contribution is -0.115. The van der Waals surface area contributed by atoms with Crippen molar-refractivity contribution < 1.29 is 13.2 Å². The average molecular weight is 367 g/mol. The van der Waals surface area contributed by atoms with E-state index in [0.29, 0.717) is 17.8 Å². The first-order valence-corrected chi connectivity index (χ1v) is 9.79. The number of hydrogen-bond acceptors (Lipinski definition) is 5. The first-order chi connectivity index (χ1) is 12.4. The highest BCUT2D eigenvalue weighted by atomic mass is 32.2. The molecule has 0 fully saturated rings. The largest absolute Gasteiger partial charge is 0.326 e. The highest BCUT2D eigenvalue weighted by Gasteiger charge is 2.10. The summed E-state index contributed by atoms with van der Waals surface area (Å²) in [5, 5.41) is 10.5. The van der Waals surface area contributed by atoms with Crippen LogP contribution in [0, 0.1) is 0 Å². The van der Waals surface area contributed by atoms with E-state index in [9.17, 15) is 13.2 Å². The summed E-state index contributed by atoms with van der Waals surface area (Å²) in [5.74, 6) is -0.0961. The predicted molar refractivity (Wildman–Crippen MR) is 99.4 cm³/mol. The van der Waals surface area contributed by atoms with Gasteiger partial charge in [-0.1, -0.05) is 42.5 Å². The van der Waals surface area contributed by atoms with Crippen molar-refractivity contribution >= 4 is 21.4 Å². The average Bonchev–Trinajstić information content (AvgIpc) is 2.62. The first-order valence-electron chi connectivity index (χ1n) is 7.90. The van der Waals surface area contributed by atoms with Gasteiger partial charge in [0.25, 0.3) is 0 Å². The molecule has 3 aromatic rings. The van der Waals surface area contributed by atoms with Crippen molar-refractivity contribution in [1.82, 2.24) is 10.2 Å². The zero-order valence-corrected chi connectivity index (χ0v) is 14.9. The molecule has 0 radical (unpaired) electrons. The van der Waals surface area contributed by atoms with Crippen LogP contribution in [-0.4, -0.2) is 30.8 Å². The first kappa shape index (κ1) is 17.8. The maximum absolute atomic E-state index is 12.1. The summed E-state index contributed by atoms with van der Waals surface area (Å²) in [4.78, 5) is 12.1. The van der Waals surface area contributed by atoms with Crippen molar-refractivity contribution in [3.8, 4) is 11.3 Å². The quantitative estimate of drug-likeness (QED) is 0.749. The molecule has 26 heavy (non-hydrogen) atoms. The molecule has 0 unspecified atom stereocenters. The molecular weight excluding hydrogens is 350 g/mol. The Balaban J connectivity index is 1.67. The Morgan fingerprint density at radius 2 is 1.62 bits per heavy atom. The number of rotatable bonds is 5. The van der Waals surface area contributed by atoms with E-state index in [1.807, 2.05) is 30.3 Å². The summed E-state index contributed by atoms with van der Waals surface area (Å²) in [6.45, 7) is 0. The van der Waals surface area contributed by atoms with Crippen LogP contribution in [0.3, 0.4) is 0 Å². The molecule has 0 bridgehead atoms. The van der Waals surface area contributed by atoms with Crippen LogP contribution >= 0.6 is 0 Å². The van der Waals surface area contributed by atoms with Gasteiger partial charge in [-0.15, -0.1) is 10.2 Å². The summed E-state index contributed by atoms with van der Waals surface area (Å²) in [6, 6.07) is 19.7. The fourth-order valence-corrected chi connectivity index (χ4v) is 2.89. The smallest absolute Gasteiger partial charge is 0.228 e. The van der Waals surface area contributed by atoms with E-state index in [4.69, 9.17) is 0 Å². The van der Waals surface area contributed by atoms with Gasteiger partial charge in [-0.25, -0.2) is 8.42 Å². The van der Waals surface area contributed by atoms with Gasteiger partial charge in [-0.05, 0) is 29.8 Å². The van der Waals surface area contributed by atoms with Gasteiger partial charge in [0.1, 0.15) is 0 Å². The zero-order valence-electron chi connectivity index (χ0n) is 14.1. The number of benzene rings is 2. The number of anilines is 1. The second-order valence-corrected chi connectivity index (χ2v) is 7.78. The van der Waals surface area contributed by atoms with E-state index in [2.05, 4.69) is 15.5 Å². The third-order valence-corrected chi connectivity index (χ3v) is 4.67. The topological polar surface area (TPSA) is 89.0 Å². The fraction of sp³-hybridized carbons (Fsp3) is 0.105. The van der Waals surface area contributed by atoms with E-state index in [1.54, 1.807) is 30.3 Å². The Morgan fingerprint density at radius 3 is 2.19 bits per heavy atom.